The van der Waals surface area contributed by atoms with Gasteiger partial charge in [-0.3, -0.25) is 4.79 Å². The number of para-hydroxylation sites is 2. The highest BCUT2D eigenvalue weighted by atomic mass is 32.2. The van der Waals surface area contributed by atoms with Gasteiger partial charge in [0.2, 0.25) is 0 Å². The van der Waals surface area contributed by atoms with Crippen LogP contribution >= 0.6 is 11.8 Å². The maximum atomic E-state index is 13.6. The summed E-state index contributed by atoms with van der Waals surface area (Å²) in [6.45, 7) is 2.24. The van der Waals surface area contributed by atoms with Gasteiger partial charge in [0.1, 0.15) is 11.8 Å². The molecule has 2 fully saturated rings. The number of nitriles is 1. The molecule has 4 rings (SSSR count). The molecular weight excluding hydrogens is 406 g/mol. The third-order valence-corrected chi connectivity index (χ3v) is 7.04. The van der Waals surface area contributed by atoms with Crippen molar-refractivity contribution in [3.05, 3.63) is 65.1 Å². The molecule has 2 aromatic rings. The van der Waals surface area contributed by atoms with Crippen molar-refractivity contribution in [1.29, 1.82) is 5.26 Å². The first kappa shape index (κ1) is 21.3. The summed E-state index contributed by atoms with van der Waals surface area (Å²) in [6.07, 6.45) is 6.48. The van der Waals surface area contributed by atoms with Crippen LogP contribution in [0.4, 0.5) is 5.69 Å². The second kappa shape index (κ2) is 9.93. The van der Waals surface area contributed by atoms with Gasteiger partial charge in [-0.1, -0.05) is 67.9 Å². The summed E-state index contributed by atoms with van der Waals surface area (Å²) in [5.41, 5.74) is 1.66. The third-order valence-electron chi connectivity index (χ3n) is 5.92. The number of thioether (sulfide) groups is 1. The highest BCUT2D eigenvalue weighted by Gasteiger charge is 2.42. The molecule has 1 amide bonds. The Hall–Kier alpha value is -2.91. The van der Waals surface area contributed by atoms with Gasteiger partial charge in [0.25, 0.3) is 5.91 Å². The Morgan fingerprint density at radius 1 is 1.16 bits per heavy atom. The van der Waals surface area contributed by atoms with E-state index in [4.69, 9.17) is 10.00 Å². The van der Waals surface area contributed by atoms with E-state index in [-0.39, 0.29) is 24.1 Å². The molecule has 1 unspecified atom stereocenters. The monoisotopic (exact) mass is 433 g/mol. The molecule has 2 aromatic carbocycles. The fraction of sp³-hybridized carbons (Fsp3) is 0.360. The van der Waals surface area contributed by atoms with Crippen LogP contribution in [0, 0.1) is 17.2 Å². The number of rotatable bonds is 6. The van der Waals surface area contributed by atoms with Crippen molar-refractivity contribution in [3.63, 3.8) is 0 Å². The summed E-state index contributed by atoms with van der Waals surface area (Å²) in [5.74, 6) is 1.15. The molecule has 1 heterocycles. The molecule has 31 heavy (non-hydrogen) atoms. The van der Waals surface area contributed by atoms with Crippen LogP contribution in [0.1, 0.15) is 38.2 Å². The molecular formula is C25H27N3O2S. The van der Waals surface area contributed by atoms with Crippen LogP contribution < -0.4 is 10.1 Å². The quantitative estimate of drug-likeness (QED) is 0.611. The van der Waals surface area contributed by atoms with Crippen molar-refractivity contribution in [1.82, 2.24) is 4.90 Å². The van der Waals surface area contributed by atoms with Crippen LogP contribution in [-0.4, -0.2) is 29.0 Å². The zero-order valence-electron chi connectivity index (χ0n) is 17.7. The van der Waals surface area contributed by atoms with Crippen molar-refractivity contribution in [2.24, 2.45) is 5.92 Å². The number of amides is 1. The molecule has 5 nitrogen and oxygen atoms in total. The van der Waals surface area contributed by atoms with E-state index in [0.29, 0.717) is 16.6 Å². The highest BCUT2D eigenvalue weighted by Crippen LogP contribution is 2.42. The number of hydrogen-bond acceptors (Lipinski definition) is 5. The molecule has 0 radical (unpaired) electrons. The number of nitrogens with zero attached hydrogens (tertiary/aromatic N) is 2. The number of carbonyl (C=O) groups excluding carboxylic acids is 1. The van der Waals surface area contributed by atoms with Gasteiger partial charge in [0, 0.05) is 17.3 Å². The first-order valence-corrected chi connectivity index (χ1v) is 11.7. The Bertz CT molecular complexity index is 986. The normalized spacial score (nSPS) is 24.8. The predicted molar refractivity (Wildman–Crippen MR) is 125 cm³/mol. The van der Waals surface area contributed by atoms with E-state index in [0.717, 1.165) is 30.5 Å². The van der Waals surface area contributed by atoms with E-state index in [1.165, 1.54) is 6.42 Å². The van der Waals surface area contributed by atoms with Crippen molar-refractivity contribution >= 4 is 29.4 Å². The van der Waals surface area contributed by atoms with Crippen LogP contribution in [0.25, 0.3) is 6.08 Å². The summed E-state index contributed by atoms with van der Waals surface area (Å²) in [6, 6.07) is 19.8. The number of benzene rings is 2. The molecule has 1 aliphatic carbocycles. The lowest BCUT2D eigenvalue weighted by Gasteiger charge is -2.39. The lowest BCUT2D eigenvalue weighted by molar-refractivity contribution is -0.129. The van der Waals surface area contributed by atoms with Crippen molar-refractivity contribution < 1.29 is 9.53 Å². The van der Waals surface area contributed by atoms with Gasteiger partial charge in [-0.2, -0.15) is 5.26 Å². The van der Waals surface area contributed by atoms with Gasteiger partial charge in [-0.05, 0) is 43.0 Å². The fourth-order valence-corrected chi connectivity index (χ4v) is 5.55. The SMILES string of the molecule is C[C@H]1CCCC[C@@H]1N1C(=O)/C(=C/c2ccccc2OCC#N)SC1Nc1ccccc1. The van der Waals surface area contributed by atoms with Crippen molar-refractivity contribution in [2.45, 2.75) is 44.1 Å². The van der Waals surface area contributed by atoms with Gasteiger partial charge in [0.05, 0.1) is 4.91 Å². The second-order valence-corrected chi connectivity index (χ2v) is 9.14. The Balaban J connectivity index is 1.65. The minimum absolute atomic E-state index is 0.0226. The number of anilines is 1. The number of nitrogens with one attached hydrogen (secondary N) is 1. The highest BCUT2D eigenvalue weighted by molar-refractivity contribution is 8.05. The van der Waals surface area contributed by atoms with E-state index in [2.05, 4.69) is 12.2 Å². The summed E-state index contributed by atoms with van der Waals surface area (Å²) in [7, 11) is 0. The molecule has 2 aliphatic rings. The smallest absolute Gasteiger partial charge is 0.262 e. The van der Waals surface area contributed by atoms with Crippen LogP contribution in [0.5, 0.6) is 5.75 Å². The van der Waals surface area contributed by atoms with Gasteiger partial charge in [-0.25, -0.2) is 0 Å². The molecule has 1 saturated heterocycles. The van der Waals surface area contributed by atoms with Gasteiger partial charge < -0.3 is 15.0 Å². The fourth-order valence-electron chi connectivity index (χ4n) is 4.35. The van der Waals surface area contributed by atoms with E-state index in [1.807, 2.05) is 71.6 Å². The zero-order chi connectivity index (χ0) is 21.6. The van der Waals surface area contributed by atoms with Crippen molar-refractivity contribution in [3.8, 4) is 11.8 Å². The van der Waals surface area contributed by atoms with E-state index in [1.54, 1.807) is 11.8 Å². The summed E-state index contributed by atoms with van der Waals surface area (Å²) >= 11 is 1.55. The van der Waals surface area contributed by atoms with Gasteiger partial charge >= 0.3 is 0 Å². The van der Waals surface area contributed by atoms with Gasteiger partial charge in [0.15, 0.2) is 12.1 Å². The number of carbonyl (C=O) groups is 1. The Kier molecular flexibility index (Phi) is 6.83. The first-order chi connectivity index (χ1) is 15.2. The molecule has 3 atom stereocenters. The van der Waals surface area contributed by atoms with E-state index in [9.17, 15) is 4.79 Å². The van der Waals surface area contributed by atoms with Gasteiger partial charge in [-0.15, -0.1) is 0 Å². The average Bonchev–Trinajstić information content (AvgIpc) is 3.08. The summed E-state index contributed by atoms with van der Waals surface area (Å²) in [4.78, 5) is 16.3. The molecule has 0 spiro atoms. The third kappa shape index (κ3) is 4.88. The van der Waals surface area contributed by atoms with Crippen LogP contribution in [-0.2, 0) is 4.79 Å². The second-order valence-electron chi connectivity index (χ2n) is 8.02. The summed E-state index contributed by atoms with van der Waals surface area (Å²) < 4.78 is 5.56. The standard InChI is InChI=1S/C25H27N3O2S/c1-18-9-5-7-13-21(18)28-24(29)23(31-25(28)27-20-11-3-2-4-12-20)17-19-10-6-8-14-22(19)30-16-15-26/h2-4,6,8,10-12,14,17-18,21,25,27H,5,7,9,13,16H2,1H3/b23-17-/t18-,21-,25?/m0/s1. The van der Waals surface area contributed by atoms with Crippen LogP contribution in [0.3, 0.4) is 0 Å². The molecule has 6 heteroatoms. The summed E-state index contributed by atoms with van der Waals surface area (Å²) in [5, 5.41) is 12.4. The minimum atomic E-state index is -0.154. The topological polar surface area (TPSA) is 65.4 Å². The maximum absolute atomic E-state index is 13.6. The van der Waals surface area contributed by atoms with E-state index >= 15 is 0 Å². The van der Waals surface area contributed by atoms with Crippen molar-refractivity contribution in [2.75, 3.05) is 11.9 Å². The van der Waals surface area contributed by atoms with E-state index < -0.39 is 0 Å². The lowest BCUT2D eigenvalue weighted by Crippen LogP contribution is -2.48. The maximum Gasteiger partial charge on any atom is 0.262 e. The van der Waals surface area contributed by atoms with Crippen LogP contribution in [0.15, 0.2) is 59.5 Å². The largest absolute Gasteiger partial charge is 0.478 e. The predicted octanol–water partition coefficient (Wildman–Crippen LogP) is 5.48. The lowest BCUT2D eigenvalue weighted by atomic mass is 9.85. The number of hydrogen-bond donors (Lipinski definition) is 1. The number of ether oxygens (including phenoxy) is 1. The molecule has 1 N–H and O–H groups in total. The zero-order valence-corrected chi connectivity index (χ0v) is 18.5. The average molecular weight is 434 g/mol. The molecule has 1 aliphatic heterocycles. The molecule has 0 bridgehead atoms. The Morgan fingerprint density at radius 3 is 2.68 bits per heavy atom. The molecule has 160 valence electrons. The van der Waals surface area contributed by atoms with Crippen LogP contribution in [0.2, 0.25) is 0 Å². The Morgan fingerprint density at radius 2 is 1.90 bits per heavy atom. The minimum Gasteiger partial charge on any atom is -0.478 e. The Labute approximate surface area is 188 Å². The molecule has 0 aromatic heterocycles. The molecule has 1 saturated carbocycles. The first-order valence-electron chi connectivity index (χ1n) is 10.8.